The highest BCUT2D eigenvalue weighted by Crippen LogP contribution is 2.37. The van der Waals surface area contributed by atoms with Crippen molar-refractivity contribution in [2.45, 2.75) is 37.8 Å². The first-order valence-corrected chi connectivity index (χ1v) is 15.9. The highest BCUT2D eigenvalue weighted by molar-refractivity contribution is 7.90. The van der Waals surface area contributed by atoms with Gasteiger partial charge in [-0.3, -0.25) is 4.79 Å². The minimum Gasteiger partial charge on any atom is -0.350 e. The molecule has 43 heavy (non-hydrogen) atoms. The molecule has 4 heterocycles. The van der Waals surface area contributed by atoms with Crippen LogP contribution < -0.4 is 10.6 Å². The van der Waals surface area contributed by atoms with E-state index in [2.05, 4.69) is 16.5 Å². The zero-order valence-electron chi connectivity index (χ0n) is 24.1. The smallest absolute Gasteiger partial charge is 0.350 e. The quantitative estimate of drug-likeness (QED) is 0.290. The van der Waals surface area contributed by atoms with E-state index < -0.39 is 21.3 Å². The summed E-state index contributed by atoms with van der Waals surface area (Å²) in [6.45, 7) is 10.2. The second-order valence-corrected chi connectivity index (χ2v) is 13.1. The van der Waals surface area contributed by atoms with E-state index in [0.717, 1.165) is 10.8 Å². The molecule has 10 nitrogen and oxygen atoms in total. The predicted molar refractivity (Wildman–Crippen MR) is 164 cm³/mol. The number of aromatic nitrogens is 4. The van der Waals surface area contributed by atoms with Crippen LogP contribution >= 0.6 is 11.6 Å². The highest BCUT2D eigenvalue weighted by atomic mass is 35.5. The number of halogens is 2. The minimum atomic E-state index is -3.92. The number of benzene rings is 1. The maximum atomic E-state index is 15.0. The van der Waals surface area contributed by atoms with Crippen molar-refractivity contribution < 1.29 is 17.6 Å². The molecule has 1 aliphatic rings. The number of amides is 1. The Labute approximate surface area is 253 Å². The molecule has 0 N–H and O–H groups in total. The molecule has 1 aromatic carbocycles. The zero-order chi connectivity index (χ0) is 31.2. The lowest BCUT2D eigenvalue weighted by Crippen LogP contribution is -2.54. The summed E-state index contributed by atoms with van der Waals surface area (Å²) in [5.74, 6) is -0.726. The van der Waals surface area contributed by atoms with Crippen molar-refractivity contribution in [2.24, 2.45) is 0 Å². The number of anilines is 1. The summed E-state index contributed by atoms with van der Waals surface area (Å²) >= 11 is 6.73. The Balaban J connectivity index is 1.88. The second-order valence-electron chi connectivity index (χ2n) is 10.7. The highest BCUT2D eigenvalue weighted by Gasteiger charge is 2.31. The lowest BCUT2D eigenvalue weighted by Gasteiger charge is -2.40. The fraction of sp³-hybridized carbons (Fsp3) is 0.300. The van der Waals surface area contributed by atoms with Gasteiger partial charge in [0.05, 0.1) is 21.8 Å². The number of carbonyl (C=O) groups is 1. The summed E-state index contributed by atoms with van der Waals surface area (Å²) < 4.78 is 42.0. The van der Waals surface area contributed by atoms with Crippen LogP contribution in [0.4, 0.5) is 10.2 Å². The third-order valence-corrected chi connectivity index (χ3v) is 8.72. The SMILES string of the molecule is C=CC(=O)N1CCN(c2nc(=O)n(-c3c(C(C)C)ccnc3S(C)(=O)=O)c3nc(-c4ccccc4F)c(Cl)cc23)[C@@H](C)C1. The van der Waals surface area contributed by atoms with Gasteiger partial charge < -0.3 is 9.80 Å². The molecule has 0 aliphatic carbocycles. The molecule has 0 saturated carbocycles. The van der Waals surface area contributed by atoms with Gasteiger partial charge in [-0.1, -0.05) is 44.2 Å². The Bertz CT molecular complexity index is 1950. The molecular weight excluding hydrogens is 595 g/mol. The lowest BCUT2D eigenvalue weighted by atomic mass is 10.0. The molecule has 0 spiro atoms. The topological polar surface area (TPSA) is 118 Å². The molecule has 13 heteroatoms. The molecule has 3 aromatic heterocycles. The van der Waals surface area contributed by atoms with E-state index in [0.29, 0.717) is 30.6 Å². The molecule has 0 bridgehead atoms. The number of sulfone groups is 1. The lowest BCUT2D eigenvalue weighted by molar-refractivity contribution is -0.126. The monoisotopic (exact) mass is 624 g/mol. The number of fused-ring (bicyclic) bond motifs is 1. The Morgan fingerprint density at radius 1 is 1.19 bits per heavy atom. The molecule has 1 aliphatic heterocycles. The van der Waals surface area contributed by atoms with Gasteiger partial charge in [-0.15, -0.1) is 0 Å². The summed E-state index contributed by atoms with van der Waals surface area (Å²) in [5, 5.41) is 0.140. The fourth-order valence-electron chi connectivity index (χ4n) is 5.38. The summed E-state index contributed by atoms with van der Waals surface area (Å²) in [7, 11) is -3.92. The van der Waals surface area contributed by atoms with E-state index in [1.165, 1.54) is 30.5 Å². The number of nitrogens with zero attached hydrogens (tertiary/aromatic N) is 6. The molecule has 224 valence electrons. The fourth-order valence-corrected chi connectivity index (χ4v) is 6.45. The average Bonchev–Trinajstić information content (AvgIpc) is 2.96. The Hall–Kier alpha value is -4.16. The van der Waals surface area contributed by atoms with E-state index in [9.17, 15) is 22.4 Å². The number of carbonyl (C=O) groups excluding carboxylic acids is 1. The minimum absolute atomic E-state index is 0.0257. The van der Waals surface area contributed by atoms with Crippen LogP contribution in [0.5, 0.6) is 0 Å². The normalized spacial score (nSPS) is 15.7. The van der Waals surface area contributed by atoms with Gasteiger partial charge in [0.15, 0.2) is 20.5 Å². The Morgan fingerprint density at radius 2 is 1.91 bits per heavy atom. The van der Waals surface area contributed by atoms with Crippen molar-refractivity contribution >= 4 is 44.2 Å². The number of piperazine rings is 1. The second kappa shape index (κ2) is 11.5. The largest absolute Gasteiger partial charge is 0.355 e. The molecule has 1 amide bonds. The van der Waals surface area contributed by atoms with E-state index in [1.807, 2.05) is 25.7 Å². The molecule has 1 atom stereocenters. The van der Waals surface area contributed by atoms with E-state index in [1.54, 1.807) is 23.1 Å². The molecule has 4 aromatic rings. The molecule has 1 saturated heterocycles. The summed E-state index contributed by atoms with van der Waals surface area (Å²) in [6, 6.07) is 8.90. The first kappa shape index (κ1) is 30.3. The van der Waals surface area contributed by atoms with Gasteiger partial charge in [-0.25, -0.2) is 32.1 Å². The molecule has 5 rings (SSSR count). The van der Waals surface area contributed by atoms with Crippen LogP contribution in [0.25, 0.3) is 28.0 Å². The molecule has 0 unspecified atom stereocenters. The van der Waals surface area contributed by atoms with Gasteiger partial charge in [0, 0.05) is 43.7 Å². The van der Waals surface area contributed by atoms with Crippen LogP contribution in [0.2, 0.25) is 5.02 Å². The van der Waals surface area contributed by atoms with Crippen molar-refractivity contribution in [3.63, 3.8) is 0 Å². The Kier molecular flexibility index (Phi) is 8.10. The van der Waals surface area contributed by atoms with Crippen molar-refractivity contribution in [3.8, 4) is 16.9 Å². The van der Waals surface area contributed by atoms with Crippen LogP contribution in [0.15, 0.2) is 65.1 Å². The van der Waals surface area contributed by atoms with Crippen LogP contribution in [-0.4, -0.2) is 70.7 Å². The van der Waals surface area contributed by atoms with E-state index >= 15 is 0 Å². The van der Waals surface area contributed by atoms with Gasteiger partial charge >= 0.3 is 5.69 Å². The molecular formula is C30H30ClFN6O4S. The van der Waals surface area contributed by atoms with E-state index in [-0.39, 0.29) is 56.3 Å². The van der Waals surface area contributed by atoms with Crippen molar-refractivity contribution in [1.82, 2.24) is 24.4 Å². The third-order valence-electron chi connectivity index (χ3n) is 7.43. The van der Waals surface area contributed by atoms with Crippen molar-refractivity contribution in [1.29, 1.82) is 0 Å². The van der Waals surface area contributed by atoms with Gasteiger partial charge in [0.25, 0.3) is 0 Å². The van der Waals surface area contributed by atoms with Crippen LogP contribution in [-0.2, 0) is 14.6 Å². The molecule has 0 radical (unpaired) electrons. The first-order valence-electron chi connectivity index (χ1n) is 13.6. The van der Waals surface area contributed by atoms with Gasteiger partial charge in [-0.05, 0) is 48.7 Å². The first-order chi connectivity index (χ1) is 20.3. The van der Waals surface area contributed by atoms with Gasteiger partial charge in [-0.2, -0.15) is 4.98 Å². The number of hydrogen-bond donors (Lipinski definition) is 0. The number of pyridine rings is 2. The molecule has 1 fully saturated rings. The summed E-state index contributed by atoms with van der Waals surface area (Å²) in [6.07, 6.45) is 3.65. The number of rotatable bonds is 6. The van der Waals surface area contributed by atoms with Gasteiger partial charge in [0.2, 0.25) is 5.91 Å². The third kappa shape index (κ3) is 5.52. The van der Waals surface area contributed by atoms with E-state index in [4.69, 9.17) is 16.6 Å². The van der Waals surface area contributed by atoms with Crippen LogP contribution in [0.3, 0.4) is 0 Å². The zero-order valence-corrected chi connectivity index (χ0v) is 25.7. The van der Waals surface area contributed by atoms with Crippen molar-refractivity contribution in [2.75, 3.05) is 30.8 Å². The summed E-state index contributed by atoms with van der Waals surface area (Å²) in [4.78, 5) is 43.2. The standard InChI is InChI=1S/C30H30ClFN6O4S/c1-6-24(39)36-13-14-37(18(4)16-36)27-21-15-22(31)25(20-9-7-8-10-23(20)32)34-28(21)38(30(40)35-27)26-19(17(2)3)11-12-33-29(26)43(5,41)42/h6-12,15,17-18H,1,13-14,16H2,2-5H3/t18-/m0/s1. The van der Waals surface area contributed by atoms with Crippen molar-refractivity contribution in [3.05, 3.63) is 82.1 Å². The van der Waals surface area contributed by atoms with Gasteiger partial charge in [0.1, 0.15) is 11.6 Å². The Morgan fingerprint density at radius 3 is 2.53 bits per heavy atom. The predicted octanol–water partition coefficient (Wildman–Crippen LogP) is 4.39. The summed E-state index contributed by atoms with van der Waals surface area (Å²) in [5.41, 5.74) is -0.0267. The van der Waals surface area contributed by atoms with Crippen LogP contribution in [0, 0.1) is 5.82 Å². The van der Waals surface area contributed by atoms with Crippen LogP contribution in [0.1, 0.15) is 32.3 Å². The average molecular weight is 625 g/mol. The maximum Gasteiger partial charge on any atom is 0.355 e. The number of hydrogen-bond acceptors (Lipinski definition) is 8. The maximum absolute atomic E-state index is 15.0.